The quantitative estimate of drug-likeness (QED) is 0.141. The van der Waals surface area contributed by atoms with E-state index in [4.69, 9.17) is 11.5 Å². The maximum atomic E-state index is 5.25. The van der Waals surface area contributed by atoms with Crippen LogP contribution in [0.25, 0.3) is 32.4 Å². The summed E-state index contributed by atoms with van der Waals surface area (Å²) in [4.78, 5) is 8.44. The molecule has 2 aromatic heterocycles. The largest absolute Gasteiger partial charge is 0.515 e. The van der Waals surface area contributed by atoms with Crippen LogP contribution in [0.15, 0.2) is 83.3 Å². The summed E-state index contributed by atoms with van der Waals surface area (Å²) < 4.78 is 0. The number of hydrogen-bond donors (Lipinski definition) is 2. The van der Waals surface area contributed by atoms with Crippen molar-refractivity contribution in [2.24, 2.45) is 21.7 Å². The topological polar surface area (TPSA) is 131 Å². The molecule has 4 aromatic rings. The van der Waals surface area contributed by atoms with E-state index >= 15 is 0 Å². The van der Waals surface area contributed by atoms with E-state index in [0.29, 0.717) is 0 Å². The summed E-state index contributed by atoms with van der Waals surface area (Å²) in [6.07, 6.45) is 6.59. The van der Waals surface area contributed by atoms with Crippen LogP contribution in [0, 0.1) is 0 Å². The van der Waals surface area contributed by atoms with E-state index in [0.717, 1.165) is 32.9 Å². The van der Waals surface area contributed by atoms with Crippen molar-refractivity contribution in [2.75, 3.05) is 0 Å². The summed E-state index contributed by atoms with van der Waals surface area (Å²) in [7, 11) is 0. The third kappa shape index (κ3) is 8.02. The van der Waals surface area contributed by atoms with Crippen molar-refractivity contribution >= 4 is 68.6 Å². The van der Waals surface area contributed by atoms with Crippen LogP contribution in [0.1, 0.15) is 11.4 Å². The first-order valence-corrected chi connectivity index (χ1v) is 10.2. The van der Waals surface area contributed by atoms with E-state index < -0.39 is 0 Å². The van der Waals surface area contributed by atoms with Gasteiger partial charge in [0.25, 0.3) is 0 Å². The van der Waals surface area contributed by atoms with Gasteiger partial charge in [-0.25, -0.2) is 0 Å². The SMILES string of the molecule is NC(=[SH+])[N-]N=Cc1nccc2ccccc12.NC(=[SH+])[N-]N=Cc1nccc2ccccc12.[Co]. The van der Waals surface area contributed by atoms with Crippen molar-refractivity contribution in [3.63, 3.8) is 0 Å². The summed E-state index contributed by atoms with van der Waals surface area (Å²) in [6, 6.07) is 19.8. The maximum Gasteiger partial charge on any atom is 0.183 e. The standard InChI is InChI=1S/2C11H10N4S.Co/c2*12-11(16)15-14-7-10-9-4-2-1-3-8(9)5-6-13-10;/h2*1-7H,(H3,12,13,15,16);. The molecule has 4 rings (SSSR count). The third-order valence-corrected chi connectivity index (χ3v) is 4.27. The van der Waals surface area contributed by atoms with Gasteiger partial charge in [0, 0.05) is 52.4 Å². The number of benzene rings is 2. The van der Waals surface area contributed by atoms with E-state index in [1.54, 1.807) is 24.8 Å². The second-order valence-corrected chi connectivity index (χ2v) is 7.16. The van der Waals surface area contributed by atoms with Gasteiger partial charge in [0.15, 0.2) is 34.7 Å². The first-order chi connectivity index (χ1) is 15.5. The second kappa shape index (κ2) is 13.4. The smallest absolute Gasteiger partial charge is 0.183 e. The van der Waals surface area contributed by atoms with Crippen molar-refractivity contribution < 1.29 is 16.8 Å². The Balaban J connectivity index is 0.000000227. The molecule has 0 aliphatic heterocycles. The fourth-order valence-electron chi connectivity index (χ4n) is 2.78. The second-order valence-electron chi connectivity index (χ2n) is 6.24. The zero-order valence-electron chi connectivity index (χ0n) is 17.1. The molecule has 0 saturated carbocycles. The summed E-state index contributed by atoms with van der Waals surface area (Å²) in [5, 5.41) is 12.1. The fraction of sp³-hybridized carbons (Fsp3) is 0. The van der Waals surface area contributed by atoms with Gasteiger partial charge in [-0.15, -0.1) is 0 Å². The van der Waals surface area contributed by atoms with E-state index in [2.05, 4.69) is 55.5 Å². The average Bonchev–Trinajstić information content (AvgIpc) is 2.79. The molecule has 8 nitrogen and oxygen atoms in total. The Kier molecular flexibility index (Phi) is 10.6. The number of pyridine rings is 2. The van der Waals surface area contributed by atoms with Crippen LogP contribution in [0.3, 0.4) is 0 Å². The number of aromatic nitrogens is 2. The molecular weight excluding hydrogens is 499 g/mol. The van der Waals surface area contributed by atoms with Gasteiger partial charge in [-0.3, -0.25) is 21.4 Å². The first-order valence-electron chi connectivity index (χ1n) is 9.33. The molecule has 169 valence electrons. The number of rotatable bonds is 4. The molecule has 0 unspecified atom stereocenters. The van der Waals surface area contributed by atoms with Crippen LogP contribution in [-0.4, -0.2) is 32.6 Å². The Morgan fingerprint density at radius 1 is 0.697 bits per heavy atom. The number of nitrogens with two attached hydrogens (primary N) is 2. The molecule has 0 spiro atoms. The van der Waals surface area contributed by atoms with Crippen molar-refractivity contribution in [2.45, 2.75) is 0 Å². The van der Waals surface area contributed by atoms with Crippen molar-refractivity contribution in [1.29, 1.82) is 0 Å². The molecule has 4 N–H and O–H groups in total. The van der Waals surface area contributed by atoms with Crippen molar-refractivity contribution in [3.8, 4) is 0 Å². The molecule has 2 heterocycles. The zero-order chi connectivity index (χ0) is 22.8. The molecule has 33 heavy (non-hydrogen) atoms. The van der Waals surface area contributed by atoms with Crippen LogP contribution in [0.5, 0.6) is 0 Å². The van der Waals surface area contributed by atoms with Gasteiger partial charge < -0.3 is 21.1 Å². The van der Waals surface area contributed by atoms with Crippen LogP contribution < -0.4 is 11.5 Å². The van der Waals surface area contributed by atoms with Gasteiger partial charge in [0.1, 0.15) is 0 Å². The van der Waals surface area contributed by atoms with Crippen LogP contribution in [0.4, 0.5) is 0 Å². The predicted octanol–water partition coefficient (Wildman–Crippen LogP) is 2.53. The minimum Gasteiger partial charge on any atom is -0.515 e. The third-order valence-electron chi connectivity index (χ3n) is 4.09. The van der Waals surface area contributed by atoms with Gasteiger partial charge in [-0.1, -0.05) is 48.5 Å². The molecule has 2 aromatic carbocycles. The molecule has 0 aliphatic rings. The molecule has 11 heteroatoms. The minimum absolute atomic E-state index is 0. The van der Waals surface area contributed by atoms with Crippen LogP contribution in [-0.2, 0) is 41.2 Å². The van der Waals surface area contributed by atoms with E-state index in [1.807, 2.05) is 60.7 Å². The van der Waals surface area contributed by atoms with Gasteiger partial charge in [0.2, 0.25) is 0 Å². The molecule has 0 fully saturated rings. The van der Waals surface area contributed by atoms with E-state index in [-0.39, 0.29) is 27.0 Å². The molecule has 1 radical (unpaired) electrons. The zero-order valence-corrected chi connectivity index (χ0v) is 20.0. The Morgan fingerprint density at radius 3 is 1.48 bits per heavy atom. The Bertz CT molecular complexity index is 1200. The van der Waals surface area contributed by atoms with Crippen LogP contribution in [0.2, 0.25) is 0 Å². The molecule has 0 bridgehead atoms. The van der Waals surface area contributed by atoms with Gasteiger partial charge >= 0.3 is 0 Å². The van der Waals surface area contributed by atoms with Gasteiger partial charge in [0.05, 0.1) is 11.4 Å². The number of fused-ring (bicyclic) bond motifs is 2. The predicted molar refractivity (Wildman–Crippen MR) is 141 cm³/mol. The number of thiol groups is 2. The summed E-state index contributed by atoms with van der Waals surface area (Å²) in [5.74, 6) is 0. The Labute approximate surface area is 211 Å². The van der Waals surface area contributed by atoms with E-state index in [1.165, 1.54) is 0 Å². The minimum atomic E-state index is 0. The molecule has 0 aliphatic carbocycles. The first kappa shape index (κ1) is 26.1. The number of nitrogens with zero attached hydrogens (tertiary/aromatic N) is 6. The van der Waals surface area contributed by atoms with Crippen LogP contribution >= 0.6 is 0 Å². The molecule has 0 amide bonds. The average molecular weight is 520 g/mol. The number of hydrogen-bond acceptors (Lipinski definition) is 4. The van der Waals surface area contributed by atoms with Gasteiger partial charge in [-0.05, 0) is 22.9 Å². The Hall–Kier alpha value is -3.19. The maximum absolute atomic E-state index is 5.25. The van der Waals surface area contributed by atoms with Gasteiger partial charge in [-0.2, -0.15) is 0 Å². The van der Waals surface area contributed by atoms with Crippen molar-refractivity contribution in [1.82, 2.24) is 9.97 Å². The Morgan fingerprint density at radius 2 is 1.09 bits per heavy atom. The fourth-order valence-corrected chi connectivity index (χ4v) is 2.88. The molecule has 0 saturated heterocycles. The van der Waals surface area contributed by atoms with Crippen molar-refractivity contribution in [3.05, 3.63) is 95.3 Å². The summed E-state index contributed by atoms with van der Waals surface area (Å²) in [5.41, 5.74) is 19.2. The summed E-state index contributed by atoms with van der Waals surface area (Å²) >= 11 is 7.62. The monoisotopic (exact) mass is 519 g/mol. The summed E-state index contributed by atoms with van der Waals surface area (Å²) in [6.45, 7) is 0. The normalized spacial score (nSPS) is 10.5. The van der Waals surface area contributed by atoms with E-state index in [9.17, 15) is 0 Å². The molecular formula is C22H20CoN8S2. The molecule has 0 atom stereocenters.